The Hall–Kier alpha value is -3.17. The first kappa shape index (κ1) is 24.0. The van der Waals surface area contributed by atoms with E-state index in [2.05, 4.69) is 10.5 Å². The molecule has 1 N–H and O–H groups in total. The minimum Gasteiger partial charge on any atom is -0.489 e. The highest BCUT2D eigenvalue weighted by Gasteiger charge is 2.35. The Kier molecular flexibility index (Phi) is 7.33. The van der Waals surface area contributed by atoms with Crippen LogP contribution in [0.5, 0.6) is 5.75 Å². The van der Waals surface area contributed by atoms with E-state index in [4.69, 9.17) is 9.26 Å². The van der Waals surface area contributed by atoms with Gasteiger partial charge in [-0.05, 0) is 38.3 Å². The summed E-state index contributed by atoms with van der Waals surface area (Å²) in [5, 5.41) is 6.75. The van der Waals surface area contributed by atoms with Crippen LogP contribution in [0, 0.1) is 19.8 Å². The summed E-state index contributed by atoms with van der Waals surface area (Å²) in [5.74, 6) is 0.693. The molecule has 8 nitrogen and oxygen atoms in total. The monoisotopic (exact) mass is 483 g/mol. The number of sulfonamides is 1. The molecule has 0 atom stereocenters. The average molecular weight is 484 g/mol. The van der Waals surface area contributed by atoms with Gasteiger partial charge in [0, 0.05) is 31.1 Å². The Morgan fingerprint density at radius 3 is 2.44 bits per heavy atom. The quantitative estimate of drug-likeness (QED) is 0.525. The maximum atomic E-state index is 13.0. The average Bonchev–Trinajstić information content (AvgIpc) is 3.21. The summed E-state index contributed by atoms with van der Waals surface area (Å²) in [6, 6.07) is 17.5. The van der Waals surface area contributed by atoms with Crippen molar-refractivity contribution in [2.24, 2.45) is 5.92 Å². The number of nitrogens with one attached hydrogen (secondary N) is 1. The van der Waals surface area contributed by atoms with Gasteiger partial charge in [0.15, 0.2) is 5.76 Å². The number of hydrogen-bond acceptors (Lipinski definition) is 6. The molecule has 0 aliphatic carbocycles. The maximum Gasteiger partial charge on any atom is 0.248 e. The molecule has 1 aliphatic heterocycles. The fourth-order valence-corrected chi connectivity index (χ4v) is 5.94. The molecule has 2 aromatic carbocycles. The molecular weight excluding hydrogens is 454 g/mol. The third-order valence-electron chi connectivity index (χ3n) is 6.05. The van der Waals surface area contributed by atoms with Gasteiger partial charge in [-0.3, -0.25) is 4.79 Å². The molecule has 0 bridgehead atoms. The second kappa shape index (κ2) is 10.4. The third kappa shape index (κ3) is 5.31. The Bertz CT molecular complexity index is 1210. The predicted octanol–water partition coefficient (Wildman–Crippen LogP) is 3.59. The Labute approximate surface area is 200 Å². The van der Waals surface area contributed by atoms with E-state index in [1.807, 2.05) is 54.6 Å². The lowest BCUT2D eigenvalue weighted by Crippen LogP contribution is -2.43. The number of benzene rings is 2. The van der Waals surface area contributed by atoms with E-state index in [9.17, 15) is 13.2 Å². The summed E-state index contributed by atoms with van der Waals surface area (Å²) in [6.45, 7) is 4.56. The predicted molar refractivity (Wildman–Crippen MR) is 127 cm³/mol. The second-order valence-electron chi connectivity index (χ2n) is 8.43. The van der Waals surface area contributed by atoms with Crippen molar-refractivity contribution in [2.45, 2.75) is 44.7 Å². The molecule has 1 amide bonds. The number of aryl methyl sites for hydroxylation is 2. The molecule has 4 rings (SSSR count). The fraction of sp³-hybridized carbons (Fsp3) is 0.360. The number of rotatable bonds is 8. The molecule has 34 heavy (non-hydrogen) atoms. The van der Waals surface area contributed by atoms with Gasteiger partial charge in [0.25, 0.3) is 0 Å². The van der Waals surface area contributed by atoms with Gasteiger partial charge in [-0.1, -0.05) is 53.7 Å². The fourth-order valence-electron chi connectivity index (χ4n) is 4.18. The van der Waals surface area contributed by atoms with E-state index >= 15 is 0 Å². The minimum absolute atomic E-state index is 0.0766. The molecule has 1 saturated heterocycles. The topological polar surface area (TPSA) is 102 Å². The highest BCUT2D eigenvalue weighted by Crippen LogP contribution is 2.28. The normalized spacial score (nSPS) is 15.2. The standard InChI is InChI=1S/C25H29N3O5S/c1-18-24(19(2)33-27-18)34(30,31)28-14-12-21(13-15-28)25(29)26-16-22-10-6-7-11-23(22)32-17-20-8-4-3-5-9-20/h3-11,21H,12-17H2,1-2H3,(H,26,29). The second-order valence-corrected chi connectivity index (χ2v) is 10.3. The van der Waals surface area contributed by atoms with Crippen molar-refractivity contribution in [3.8, 4) is 5.75 Å². The summed E-state index contributed by atoms with van der Waals surface area (Å²) >= 11 is 0. The van der Waals surface area contributed by atoms with Crippen LogP contribution in [0.15, 0.2) is 64.0 Å². The molecule has 180 valence electrons. The van der Waals surface area contributed by atoms with Crippen LogP contribution in [0.1, 0.15) is 35.4 Å². The van der Waals surface area contributed by atoms with Crippen LogP contribution in [0.4, 0.5) is 0 Å². The number of carbonyl (C=O) groups is 1. The van der Waals surface area contributed by atoms with Gasteiger partial charge in [-0.25, -0.2) is 8.42 Å². The number of ether oxygens (including phenoxy) is 1. The van der Waals surface area contributed by atoms with Crippen LogP contribution in [0.25, 0.3) is 0 Å². The molecule has 9 heteroatoms. The van der Waals surface area contributed by atoms with Crippen molar-refractivity contribution in [3.05, 3.63) is 77.2 Å². The lowest BCUT2D eigenvalue weighted by atomic mass is 9.97. The molecular formula is C25H29N3O5S. The summed E-state index contributed by atoms with van der Waals surface area (Å²) in [5.41, 5.74) is 2.32. The van der Waals surface area contributed by atoms with E-state index in [-0.39, 0.29) is 35.6 Å². The van der Waals surface area contributed by atoms with Crippen LogP contribution in [0.3, 0.4) is 0 Å². The van der Waals surface area contributed by atoms with Crippen LogP contribution in [-0.4, -0.2) is 36.9 Å². The Morgan fingerprint density at radius 2 is 1.76 bits per heavy atom. The first-order valence-corrected chi connectivity index (χ1v) is 12.8. The maximum absolute atomic E-state index is 13.0. The summed E-state index contributed by atoms with van der Waals surface area (Å²) in [4.78, 5) is 12.9. The highest BCUT2D eigenvalue weighted by atomic mass is 32.2. The molecule has 2 heterocycles. The smallest absolute Gasteiger partial charge is 0.248 e. The third-order valence-corrected chi connectivity index (χ3v) is 8.20. The van der Waals surface area contributed by atoms with Crippen molar-refractivity contribution in [1.29, 1.82) is 0 Å². The van der Waals surface area contributed by atoms with Crippen molar-refractivity contribution in [3.63, 3.8) is 0 Å². The largest absolute Gasteiger partial charge is 0.489 e. The van der Waals surface area contributed by atoms with Crippen molar-refractivity contribution in [2.75, 3.05) is 13.1 Å². The first-order chi connectivity index (χ1) is 16.4. The van der Waals surface area contributed by atoms with Gasteiger partial charge in [-0.2, -0.15) is 4.31 Å². The zero-order chi connectivity index (χ0) is 24.1. The van der Waals surface area contributed by atoms with E-state index in [0.29, 0.717) is 31.7 Å². The summed E-state index contributed by atoms with van der Waals surface area (Å²) in [6.07, 6.45) is 0.918. The molecule has 0 radical (unpaired) electrons. The number of para-hydroxylation sites is 1. The molecule has 1 fully saturated rings. The van der Waals surface area contributed by atoms with Gasteiger partial charge in [0.2, 0.25) is 15.9 Å². The SMILES string of the molecule is Cc1noc(C)c1S(=O)(=O)N1CCC(C(=O)NCc2ccccc2OCc2ccccc2)CC1. The molecule has 0 spiro atoms. The van der Waals surface area contributed by atoms with Crippen molar-refractivity contribution < 1.29 is 22.5 Å². The van der Waals surface area contributed by atoms with Gasteiger partial charge in [-0.15, -0.1) is 0 Å². The number of carbonyl (C=O) groups excluding carboxylic acids is 1. The lowest BCUT2D eigenvalue weighted by molar-refractivity contribution is -0.126. The van der Waals surface area contributed by atoms with E-state index in [1.54, 1.807) is 13.8 Å². The Morgan fingerprint density at radius 1 is 1.09 bits per heavy atom. The molecule has 1 aromatic heterocycles. The number of piperidine rings is 1. The van der Waals surface area contributed by atoms with Gasteiger partial charge in [0.05, 0.1) is 0 Å². The lowest BCUT2D eigenvalue weighted by Gasteiger charge is -2.30. The van der Waals surface area contributed by atoms with Gasteiger partial charge >= 0.3 is 0 Å². The zero-order valence-electron chi connectivity index (χ0n) is 19.4. The van der Waals surface area contributed by atoms with Crippen molar-refractivity contribution in [1.82, 2.24) is 14.8 Å². The van der Waals surface area contributed by atoms with Crippen LogP contribution < -0.4 is 10.1 Å². The molecule has 0 unspecified atom stereocenters. The number of amides is 1. The van der Waals surface area contributed by atoms with E-state index in [1.165, 1.54) is 4.31 Å². The zero-order valence-corrected chi connectivity index (χ0v) is 20.2. The van der Waals surface area contributed by atoms with Crippen LogP contribution in [0.2, 0.25) is 0 Å². The Balaban J connectivity index is 1.31. The van der Waals surface area contributed by atoms with Gasteiger partial charge < -0.3 is 14.6 Å². The first-order valence-electron chi connectivity index (χ1n) is 11.3. The highest BCUT2D eigenvalue weighted by molar-refractivity contribution is 7.89. The van der Waals surface area contributed by atoms with Crippen LogP contribution in [-0.2, 0) is 28.0 Å². The molecule has 0 saturated carbocycles. The number of aromatic nitrogens is 1. The summed E-state index contributed by atoms with van der Waals surface area (Å²) < 4.78 is 38.4. The van der Waals surface area contributed by atoms with Crippen LogP contribution >= 0.6 is 0 Å². The van der Waals surface area contributed by atoms with Crippen molar-refractivity contribution >= 4 is 15.9 Å². The summed E-state index contributed by atoms with van der Waals surface area (Å²) in [7, 11) is -3.69. The number of nitrogens with zero attached hydrogens (tertiary/aromatic N) is 2. The van der Waals surface area contributed by atoms with E-state index in [0.717, 1.165) is 16.9 Å². The van der Waals surface area contributed by atoms with E-state index < -0.39 is 10.0 Å². The molecule has 3 aromatic rings. The van der Waals surface area contributed by atoms with Gasteiger partial charge in [0.1, 0.15) is 22.9 Å². The molecule has 1 aliphatic rings. The minimum atomic E-state index is -3.69. The number of hydrogen-bond donors (Lipinski definition) is 1.